The van der Waals surface area contributed by atoms with Gasteiger partial charge in [0.25, 0.3) is 0 Å². The molecule has 0 unspecified atom stereocenters. The molecule has 0 heterocycles. The van der Waals surface area contributed by atoms with Crippen molar-refractivity contribution in [1.82, 2.24) is 5.32 Å². The zero-order valence-corrected chi connectivity index (χ0v) is 11.9. The SMILES string of the molecule is Cc1cc(C)c(C(C)(C)CNC(=O)CO)cc1C. The second-order valence-electron chi connectivity index (χ2n) is 5.57. The maximum Gasteiger partial charge on any atom is 0.245 e. The van der Waals surface area contributed by atoms with E-state index in [1.165, 1.54) is 22.3 Å². The number of carbonyl (C=O) groups excluding carboxylic acids is 1. The molecule has 1 aromatic carbocycles. The molecule has 0 radical (unpaired) electrons. The summed E-state index contributed by atoms with van der Waals surface area (Å²) in [6, 6.07) is 4.37. The van der Waals surface area contributed by atoms with Crippen LogP contribution in [0.15, 0.2) is 12.1 Å². The average Bonchev–Trinajstić information content (AvgIpc) is 2.30. The Morgan fingerprint density at radius 3 is 2.28 bits per heavy atom. The highest BCUT2D eigenvalue weighted by molar-refractivity contribution is 5.77. The van der Waals surface area contributed by atoms with Crippen molar-refractivity contribution >= 4 is 5.91 Å². The van der Waals surface area contributed by atoms with Gasteiger partial charge in [0.05, 0.1) is 0 Å². The van der Waals surface area contributed by atoms with Gasteiger partial charge >= 0.3 is 0 Å². The Labute approximate surface area is 109 Å². The van der Waals surface area contributed by atoms with Crippen molar-refractivity contribution in [3.8, 4) is 0 Å². The number of aliphatic hydroxyl groups excluding tert-OH is 1. The Kier molecular flexibility index (Phi) is 4.52. The monoisotopic (exact) mass is 249 g/mol. The van der Waals surface area contributed by atoms with Gasteiger partial charge in [-0.05, 0) is 43.0 Å². The molecule has 0 saturated heterocycles. The van der Waals surface area contributed by atoms with Gasteiger partial charge in [-0.2, -0.15) is 0 Å². The van der Waals surface area contributed by atoms with E-state index >= 15 is 0 Å². The summed E-state index contributed by atoms with van der Waals surface area (Å²) in [6.45, 7) is 10.6. The quantitative estimate of drug-likeness (QED) is 0.857. The molecule has 3 nitrogen and oxygen atoms in total. The third kappa shape index (κ3) is 3.33. The molecule has 2 N–H and O–H groups in total. The number of hydrogen-bond donors (Lipinski definition) is 2. The molecule has 0 spiro atoms. The third-order valence-electron chi connectivity index (χ3n) is 3.44. The molecular formula is C15H23NO2. The minimum atomic E-state index is -0.456. The summed E-state index contributed by atoms with van der Waals surface area (Å²) in [5, 5.41) is 11.5. The first-order valence-electron chi connectivity index (χ1n) is 6.24. The first-order chi connectivity index (χ1) is 8.27. The van der Waals surface area contributed by atoms with Gasteiger partial charge in [-0.25, -0.2) is 0 Å². The molecule has 0 aliphatic heterocycles. The molecule has 18 heavy (non-hydrogen) atoms. The van der Waals surface area contributed by atoms with Crippen molar-refractivity contribution in [2.24, 2.45) is 0 Å². The summed E-state index contributed by atoms with van der Waals surface area (Å²) in [5.41, 5.74) is 4.88. The smallest absolute Gasteiger partial charge is 0.245 e. The van der Waals surface area contributed by atoms with Crippen LogP contribution in [-0.2, 0) is 10.2 Å². The van der Waals surface area contributed by atoms with Gasteiger partial charge < -0.3 is 10.4 Å². The summed E-state index contributed by atoms with van der Waals surface area (Å²) < 4.78 is 0. The fraction of sp³-hybridized carbons (Fsp3) is 0.533. The van der Waals surface area contributed by atoms with Gasteiger partial charge in [0, 0.05) is 12.0 Å². The zero-order valence-electron chi connectivity index (χ0n) is 11.9. The first kappa shape index (κ1) is 14.7. The molecule has 0 bridgehead atoms. The van der Waals surface area contributed by atoms with Crippen LogP contribution in [0, 0.1) is 20.8 Å². The largest absolute Gasteiger partial charge is 0.387 e. The van der Waals surface area contributed by atoms with E-state index in [2.05, 4.69) is 52.1 Å². The number of rotatable bonds is 4. The van der Waals surface area contributed by atoms with E-state index in [4.69, 9.17) is 5.11 Å². The third-order valence-corrected chi connectivity index (χ3v) is 3.44. The van der Waals surface area contributed by atoms with Crippen molar-refractivity contribution in [1.29, 1.82) is 0 Å². The van der Waals surface area contributed by atoms with Crippen LogP contribution in [-0.4, -0.2) is 24.2 Å². The van der Waals surface area contributed by atoms with Crippen molar-refractivity contribution in [2.75, 3.05) is 13.2 Å². The molecule has 1 rings (SSSR count). The lowest BCUT2D eigenvalue weighted by molar-refractivity contribution is -0.124. The highest BCUT2D eigenvalue weighted by Crippen LogP contribution is 2.28. The van der Waals surface area contributed by atoms with E-state index in [1.807, 2.05) is 0 Å². The lowest BCUT2D eigenvalue weighted by Gasteiger charge is -2.28. The van der Waals surface area contributed by atoms with Crippen molar-refractivity contribution in [3.05, 3.63) is 34.4 Å². The summed E-state index contributed by atoms with van der Waals surface area (Å²) in [7, 11) is 0. The second kappa shape index (κ2) is 5.53. The van der Waals surface area contributed by atoms with Crippen LogP contribution in [0.2, 0.25) is 0 Å². The normalized spacial score (nSPS) is 11.4. The standard InChI is InChI=1S/C15H23NO2/c1-10-6-12(3)13(7-11(10)2)15(4,5)9-16-14(18)8-17/h6-7,17H,8-9H2,1-5H3,(H,16,18). The lowest BCUT2D eigenvalue weighted by atomic mass is 9.80. The maximum absolute atomic E-state index is 11.1. The summed E-state index contributed by atoms with van der Waals surface area (Å²) in [5.74, 6) is -0.329. The van der Waals surface area contributed by atoms with Crippen molar-refractivity contribution in [2.45, 2.75) is 40.0 Å². The van der Waals surface area contributed by atoms with E-state index in [0.717, 1.165) is 0 Å². The van der Waals surface area contributed by atoms with E-state index in [1.54, 1.807) is 0 Å². The number of amides is 1. The van der Waals surface area contributed by atoms with Crippen LogP contribution in [0.5, 0.6) is 0 Å². The van der Waals surface area contributed by atoms with E-state index in [9.17, 15) is 4.79 Å². The maximum atomic E-state index is 11.1. The summed E-state index contributed by atoms with van der Waals surface area (Å²) in [4.78, 5) is 11.1. The zero-order chi connectivity index (χ0) is 13.9. The Bertz CT molecular complexity index is 450. The molecule has 0 atom stereocenters. The minimum Gasteiger partial charge on any atom is -0.387 e. The number of carbonyl (C=O) groups is 1. The number of aliphatic hydroxyl groups is 1. The van der Waals surface area contributed by atoms with Crippen molar-refractivity contribution < 1.29 is 9.90 Å². The summed E-state index contributed by atoms with van der Waals surface area (Å²) >= 11 is 0. The molecule has 0 aromatic heterocycles. The molecule has 0 aliphatic rings. The lowest BCUT2D eigenvalue weighted by Crippen LogP contribution is -2.38. The van der Waals surface area contributed by atoms with Gasteiger partial charge in [-0.15, -0.1) is 0 Å². The van der Waals surface area contributed by atoms with Crippen LogP contribution in [0.25, 0.3) is 0 Å². The fourth-order valence-electron chi connectivity index (χ4n) is 2.16. The van der Waals surface area contributed by atoms with Gasteiger partial charge in [0.15, 0.2) is 0 Å². The van der Waals surface area contributed by atoms with Crippen LogP contribution in [0.1, 0.15) is 36.1 Å². The van der Waals surface area contributed by atoms with Gasteiger partial charge in [-0.1, -0.05) is 26.0 Å². The number of hydrogen-bond acceptors (Lipinski definition) is 2. The molecule has 100 valence electrons. The van der Waals surface area contributed by atoms with Crippen molar-refractivity contribution in [3.63, 3.8) is 0 Å². The van der Waals surface area contributed by atoms with Crippen LogP contribution < -0.4 is 5.32 Å². The Hall–Kier alpha value is -1.35. The minimum absolute atomic E-state index is 0.145. The Balaban J connectivity index is 2.97. The molecule has 1 aromatic rings. The molecular weight excluding hydrogens is 226 g/mol. The van der Waals surface area contributed by atoms with Gasteiger partial charge in [0.1, 0.15) is 6.61 Å². The van der Waals surface area contributed by atoms with Gasteiger partial charge in [0.2, 0.25) is 5.91 Å². The van der Waals surface area contributed by atoms with E-state index in [0.29, 0.717) is 6.54 Å². The highest BCUT2D eigenvalue weighted by atomic mass is 16.3. The number of nitrogens with one attached hydrogen (secondary N) is 1. The highest BCUT2D eigenvalue weighted by Gasteiger charge is 2.23. The average molecular weight is 249 g/mol. The van der Waals surface area contributed by atoms with E-state index < -0.39 is 6.61 Å². The van der Waals surface area contributed by atoms with Gasteiger partial charge in [-0.3, -0.25) is 4.79 Å². The summed E-state index contributed by atoms with van der Waals surface area (Å²) in [6.07, 6.45) is 0. The van der Waals surface area contributed by atoms with E-state index in [-0.39, 0.29) is 11.3 Å². The number of benzene rings is 1. The predicted octanol–water partition coefficient (Wildman–Crippen LogP) is 2.00. The predicted molar refractivity (Wildman–Crippen MR) is 73.8 cm³/mol. The molecule has 0 fully saturated rings. The van der Waals surface area contributed by atoms with Crippen LogP contribution in [0.3, 0.4) is 0 Å². The molecule has 0 saturated carbocycles. The second-order valence-corrected chi connectivity index (χ2v) is 5.57. The fourth-order valence-corrected chi connectivity index (χ4v) is 2.16. The first-order valence-corrected chi connectivity index (χ1v) is 6.24. The Morgan fingerprint density at radius 1 is 1.17 bits per heavy atom. The molecule has 3 heteroatoms. The molecule has 1 amide bonds. The van der Waals surface area contributed by atoms with Crippen LogP contribution in [0.4, 0.5) is 0 Å². The Morgan fingerprint density at radius 2 is 1.72 bits per heavy atom. The molecule has 0 aliphatic carbocycles. The topological polar surface area (TPSA) is 49.3 Å². The van der Waals surface area contributed by atoms with Crippen LogP contribution >= 0.6 is 0 Å². The number of aryl methyl sites for hydroxylation is 3.